The number of aromatic nitrogens is 1. The summed E-state index contributed by atoms with van der Waals surface area (Å²) in [6.45, 7) is 0.334. The largest absolute Gasteiger partial charge is 0.343 e. The van der Waals surface area contributed by atoms with Crippen LogP contribution in [0.1, 0.15) is 5.56 Å². The van der Waals surface area contributed by atoms with E-state index in [2.05, 4.69) is 0 Å². The van der Waals surface area contributed by atoms with E-state index in [1.54, 1.807) is 18.2 Å². The van der Waals surface area contributed by atoms with Crippen molar-refractivity contribution in [1.82, 2.24) is 4.57 Å². The fourth-order valence-corrected chi connectivity index (χ4v) is 2.76. The van der Waals surface area contributed by atoms with E-state index in [4.69, 9.17) is 23.2 Å². The van der Waals surface area contributed by atoms with Crippen LogP contribution >= 0.6 is 23.2 Å². The van der Waals surface area contributed by atoms with Crippen molar-refractivity contribution in [3.05, 3.63) is 74.4 Å². The second-order valence-corrected chi connectivity index (χ2v) is 5.49. The van der Waals surface area contributed by atoms with Crippen LogP contribution < -0.4 is 0 Å². The average molecular weight is 321 g/mol. The van der Waals surface area contributed by atoms with E-state index in [9.17, 15) is 10.1 Å². The van der Waals surface area contributed by atoms with Crippen LogP contribution in [0.5, 0.6) is 0 Å². The van der Waals surface area contributed by atoms with Crippen LogP contribution in [0, 0.1) is 10.1 Å². The lowest BCUT2D eigenvalue weighted by atomic mass is 10.1. The molecule has 1 aromatic heterocycles. The third kappa shape index (κ3) is 2.60. The maximum Gasteiger partial charge on any atom is 0.275 e. The minimum atomic E-state index is -0.413. The molecule has 0 fully saturated rings. The molecule has 0 radical (unpaired) electrons. The second-order valence-electron chi connectivity index (χ2n) is 4.64. The van der Waals surface area contributed by atoms with E-state index in [1.807, 2.05) is 29.0 Å². The van der Waals surface area contributed by atoms with Gasteiger partial charge in [0.05, 0.1) is 22.1 Å². The van der Waals surface area contributed by atoms with Gasteiger partial charge in [0.2, 0.25) is 0 Å². The van der Waals surface area contributed by atoms with Crippen molar-refractivity contribution in [1.29, 1.82) is 0 Å². The second kappa shape index (κ2) is 5.39. The SMILES string of the molecule is O=[N+]([O-])c1cccc(Cl)c1Cn1ccc2cc(Cl)ccc21. The Kier molecular flexibility index (Phi) is 3.57. The van der Waals surface area contributed by atoms with Crippen LogP contribution in [0.25, 0.3) is 10.9 Å². The first-order chi connectivity index (χ1) is 10.1. The summed E-state index contributed by atoms with van der Waals surface area (Å²) in [5, 5.41) is 13.2. The number of benzene rings is 2. The number of hydrogen-bond donors (Lipinski definition) is 0. The van der Waals surface area contributed by atoms with Crippen LogP contribution in [-0.4, -0.2) is 9.49 Å². The van der Waals surface area contributed by atoms with Crippen molar-refractivity contribution < 1.29 is 4.92 Å². The summed E-state index contributed by atoms with van der Waals surface area (Å²) in [7, 11) is 0. The van der Waals surface area contributed by atoms with Crippen molar-refractivity contribution in [3.8, 4) is 0 Å². The van der Waals surface area contributed by atoms with Gasteiger partial charge in [0.25, 0.3) is 5.69 Å². The highest BCUT2D eigenvalue weighted by molar-refractivity contribution is 6.31. The van der Waals surface area contributed by atoms with Gasteiger partial charge in [-0.1, -0.05) is 29.3 Å². The van der Waals surface area contributed by atoms with Gasteiger partial charge in [0, 0.05) is 28.2 Å². The van der Waals surface area contributed by atoms with E-state index in [0.29, 0.717) is 22.2 Å². The Morgan fingerprint density at radius 1 is 1.14 bits per heavy atom. The molecule has 0 saturated heterocycles. The standard InChI is InChI=1S/C15H10Cl2N2O2/c16-11-4-5-14-10(8-11)6-7-18(14)9-12-13(17)2-1-3-15(12)19(20)21/h1-8H,9H2. The highest BCUT2D eigenvalue weighted by Crippen LogP contribution is 2.29. The molecule has 4 nitrogen and oxygen atoms in total. The number of nitro benzene ring substituents is 1. The van der Waals surface area contributed by atoms with E-state index >= 15 is 0 Å². The number of rotatable bonds is 3. The molecule has 0 N–H and O–H groups in total. The van der Waals surface area contributed by atoms with Gasteiger partial charge in [0.1, 0.15) is 0 Å². The fourth-order valence-electron chi connectivity index (χ4n) is 2.35. The molecule has 2 aromatic carbocycles. The molecule has 0 bridgehead atoms. The highest BCUT2D eigenvalue weighted by Gasteiger charge is 2.17. The molecule has 0 aliphatic heterocycles. The predicted octanol–water partition coefficient (Wildman–Crippen LogP) is 4.90. The topological polar surface area (TPSA) is 48.1 Å². The summed E-state index contributed by atoms with van der Waals surface area (Å²) >= 11 is 12.1. The van der Waals surface area contributed by atoms with Gasteiger partial charge < -0.3 is 4.57 Å². The third-order valence-electron chi connectivity index (χ3n) is 3.35. The molecule has 21 heavy (non-hydrogen) atoms. The summed E-state index contributed by atoms with van der Waals surface area (Å²) < 4.78 is 1.92. The van der Waals surface area contributed by atoms with Crippen molar-refractivity contribution in [3.63, 3.8) is 0 Å². The maximum atomic E-state index is 11.1. The highest BCUT2D eigenvalue weighted by atomic mass is 35.5. The van der Waals surface area contributed by atoms with Crippen LogP contribution in [0.3, 0.4) is 0 Å². The molecule has 0 unspecified atom stereocenters. The van der Waals surface area contributed by atoms with Gasteiger partial charge in [0.15, 0.2) is 0 Å². The van der Waals surface area contributed by atoms with E-state index in [0.717, 1.165) is 10.9 Å². The van der Waals surface area contributed by atoms with Crippen LogP contribution in [-0.2, 0) is 6.54 Å². The molecule has 0 aliphatic carbocycles. The average Bonchev–Trinajstić information content (AvgIpc) is 2.83. The zero-order valence-electron chi connectivity index (χ0n) is 10.8. The van der Waals surface area contributed by atoms with Crippen molar-refractivity contribution in [2.75, 3.05) is 0 Å². The van der Waals surface area contributed by atoms with Crippen molar-refractivity contribution >= 4 is 39.8 Å². The van der Waals surface area contributed by atoms with Gasteiger partial charge in [-0.05, 0) is 30.3 Å². The van der Waals surface area contributed by atoms with E-state index in [-0.39, 0.29) is 5.69 Å². The van der Waals surface area contributed by atoms with Crippen LogP contribution in [0.15, 0.2) is 48.7 Å². The van der Waals surface area contributed by atoms with Gasteiger partial charge in [-0.2, -0.15) is 0 Å². The summed E-state index contributed by atoms with van der Waals surface area (Å²) in [5.74, 6) is 0. The molecule has 6 heteroatoms. The Balaban J connectivity index is 2.09. The lowest BCUT2D eigenvalue weighted by molar-refractivity contribution is -0.385. The molecule has 3 aromatic rings. The zero-order chi connectivity index (χ0) is 15.0. The molecule has 0 aliphatic rings. The third-order valence-corrected chi connectivity index (χ3v) is 3.94. The minimum absolute atomic E-state index is 0.0262. The maximum absolute atomic E-state index is 11.1. The fraction of sp³-hybridized carbons (Fsp3) is 0.0667. The van der Waals surface area contributed by atoms with Gasteiger partial charge in [-0.25, -0.2) is 0 Å². The first-order valence-electron chi connectivity index (χ1n) is 6.22. The molecule has 0 amide bonds. The molecule has 1 heterocycles. The molecule has 0 atom stereocenters. The van der Waals surface area contributed by atoms with Crippen LogP contribution in [0.4, 0.5) is 5.69 Å². The number of fused-ring (bicyclic) bond motifs is 1. The summed E-state index contributed by atoms with van der Waals surface area (Å²) in [4.78, 5) is 10.7. The lowest BCUT2D eigenvalue weighted by Gasteiger charge is -2.08. The first kappa shape index (κ1) is 13.9. The number of nitrogens with zero attached hydrogens (tertiary/aromatic N) is 2. The Hall–Kier alpha value is -2.04. The van der Waals surface area contributed by atoms with E-state index in [1.165, 1.54) is 6.07 Å². The van der Waals surface area contributed by atoms with Crippen LogP contribution in [0.2, 0.25) is 10.0 Å². The number of nitro groups is 1. The summed E-state index contributed by atoms with van der Waals surface area (Å²) in [6, 6.07) is 12.2. The van der Waals surface area contributed by atoms with Crippen molar-refractivity contribution in [2.45, 2.75) is 6.54 Å². The summed E-state index contributed by atoms with van der Waals surface area (Å²) in [5.41, 5.74) is 1.48. The molecular formula is C15H10Cl2N2O2. The molecule has 0 saturated carbocycles. The molecule has 106 valence electrons. The molecular weight excluding hydrogens is 311 g/mol. The molecule has 0 spiro atoms. The minimum Gasteiger partial charge on any atom is -0.343 e. The quantitative estimate of drug-likeness (QED) is 0.508. The normalized spacial score (nSPS) is 11.0. The predicted molar refractivity (Wildman–Crippen MR) is 84.2 cm³/mol. The smallest absolute Gasteiger partial charge is 0.275 e. The molecule has 3 rings (SSSR count). The zero-order valence-corrected chi connectivity index (χ0v) is 12.3. The van der Waals surface area contributed by atoms with E-state index < -0.39 is 4.92 Å². The van der Waals surface area contributed by atoms with Gasteiger partial charge >= 0.3 is 0 Å². The monoisotopic (exact) mass is 320 g/mol. The summed E-state index contributed by atoms with van der Waals surface area (Å²) in [6.07, 6.45) is 1.87. The Labute approximate surface area is 130 Å². The Morgan fingerprint density at radius 3 is 2.71 bits per heavy atom. The van der Waals surface area contributed by atoms with Crippen molar-refractivity contribution in [2.24, 2.45) is 0 Å². The number of hydrogen-bond acceptors (Lipinski definition) is 2. The first-order valence-corrected chi connectivity index (χ1v) is 6.98. The Bertz CT molecular complexity index is 843. The number of halogens is 2. The van der Waals surface area contributed by atoms with Gasteiger partial charge in [-0.3, -0.25) is 10.1 Å². The lowest BCUT2D eigenvalue weighted by Crippen LogP contribution is -2.03. The Morgan fingerprint density at radius 2 is 1.95 bits per heavy atom. The van der Waals surface area contributed by atoms with Gasteiger partial charge in [-0.15, -0.1) is 0 Å².